The van der Waals surface area contributed by atoms with Crippen LogP contribution in [0.25, 0.3) is 0 Å². The Hall–Kier alpha value is -2.11. The van der Waals surface area contributed by atoms with E-state index < -0.39 is 23.5 Å². The second-order valence-corrected chi connectivity index (χ2v) is 5.15. The molecule has 0 fully saturated rings. The highest BCUT2D eigenvalue weighted by Crippen LogP contribution is 2.12. The van der Waals surface area contributed by atoms with Crippen LogP contribution >= 0.6 is 0 Å². The van der Waals surface area contributed by atoms with E-state index in [2.05, 4.69) is 10.1 Å². The molecule has 0 atom stereocenters. The van der Waals surface area contributed by atoms with Gasteiger partial charge in [0, 0.05) is 12.1 Å². The van der Waals surface area contributed by atoms with Crippen LogP contribution in [0.1, 0.15) is 36.7 Å². The van der Waals surface area contributed by atoms with E-state index in [-0.39, 0.29) is 17.7 Å². The van der Waals surface area contributed by atoms with E-state index in [1.165, 1.54) is 19.2 Å². The molecule has 1 amide bonds. The van der Waals surface area contributed by atoms with Crippen molar-refractivity contribution in [3.05, 3.63) is 35.1 Å². The maximum absolute atomic E-state index is 13.7. The molecule has 0 aliphatic rings. The topological polar surface area (TPSA) is 64.6 Å². The zero-order valence-corrected chi connectivity index (χ0v) is 12.0. The molecule has 0 aromatic heterocycles. The molecule has 0 unspecified atom stereocenters. The smallest absolute Gasteiger partial charge is 0.407 e. The Labute approximate surface area is 117 Å². The average Bonchev–Trinajstić information content (AvgIpc) is 2.34. The molecule has 0 heterocycles. The minimum absolute atomic E-state index is 0.0256. The Balaban J connectivity index is 2.66. The number of ether oxygens (including phenoxy) is 2. The van der Waals surface area contributed by atoms with Crippen LogP contribution in [0.3, 0.4) is 0 Å². The highest BCUT2D eigenvalue weighted by atomic mass is 19.1. The summed E-state index contributed by atoms with van der Waals surface area (Å²) in [7, 11) is 1.22. The minimum Gasteiger partial charge on any atom is -0.465 e. The summed E-state index contributed by atoms with van der Waals surface area (Å²) in [5.41, 5.74) is -0.244. The predicted molar refractivity (Wildman–Crippen MR) is 70.8 cm³/mol. The molecule has 0 spiro atoms. The van der Waals surface area contributed by atoms with E-state index in [1.54, 1.807) is 20.8 Å². The largest absolute Gasteiger partial charge is 0.465 e. The Morgan fingerprint density at radius 2 is 1.95 bits per heavy atom. The van der Waals surface area contributed by atoms with Gasteiger partial charge in [-0.3, -0.25) is 0 Å². The fourth-order valence-electron chi connectivity index (χ4n) is 1.42. The summed E-state index contributed by atoms with van der Waals surface area (Å²) in [6.45, 7) is 5.18. The quantitative estimate of drug-likeness (QED) is 0.866. The van der Waals surface area contributed by atoms with E-state index in [0.29, 0.717) is 0 Å². The van der Waals surface area contributed by atoms with Gasteiger partial charge in [-0.15, -0.1) is 0 Å². The molecule has 0 saturated heterocycles. The lowest BCUT2D eigenvalue weighted by atomic mass is 10.1. The number of alkyl carbamates (subject to hydrolysis) is 1. The number of hydrogen-bond donors (Lipinski definition) is 1. The Bertz CT molecular complexity index is 508. The van der Waals surface area contributed by atoms with Gasteiger partial charge >= 0.3 is 12.1 Å². The predicted octanol–water partition coefficient (Wildman–Crippen LogP) is 2.64. The van der Waals surface area contributed by atoms with E-state index in [0.717, 1.165) is 6.07 Å². The molecule has 0 bridgehead atoms. The van der Waals surface area contributed by atoms with Gasteiger partial charge in [0.1, 0.15) is 11.4 Å². The first-order valence-corrected chi connectivity index (χ1v) is 6.06. The van der Waals surface area contributed by atoms with Gasteiger partial charge in [0.05, 0.1) is 12.7 Å². The van der Waals surface area contributed by atoms with E-state index in [9.17, 15) is 14.0 Å². The van der Waals surface area contributed by atoms with Gasteiger partial charge in [-0.05, 0) is 32.9 Å². The minimum atomic E-state index is -0.631. The maximum atomic E-state index is 13.7. The third-order valence-electron chi connectivity index (χ3n) is 2.30. The second-order valence-electron chi connectivity index (χ2n) is 5.15. The van der Waals surface area contributed by atoms with Crippen LogP contribution in [-0.2, 0) is 16.0 Å². The highest BCUT2D eigenvalue weighted by molar-refractivity contribution is 5.89. The summed E-state index contributed by atoms with van der Waals surface area (Å²) in [5.74, 6) is -1.21. The standard InChI is InChI=1S/C14H18FNO4/c1-14(2,3)20-13(18)16-8-10-6-5-9(7-11(10)15)12(17)19-4/h5-7H,8H2,1-4H3,(H,16,18). The van der Waals surface area contributed by atoms with Gasteiger partial charge in [0.2, 0.25) is 0 Å². The normalized spacial score (nSPS) is 10.8. The zero-order valence-electron chi connectivity index (χ0n) is 12.0. The fraction of sp³-hybridized carbons (Fsp3) is 0.429. The molecule has 0 radical (unpaired) electrons. The summed E-state index contributed by atoms with van der Waals surface area (Å²) in [5, 5.41) is 2.44. The lowest BCUT2D eigenvalue weighted by Crippen LogP contribution is -2.32. The number of carbonyl (C=O) groups excluding carboxylic acids is 2. The van der Waals surface area contributed by atoms with Crippen LogP contribution in [0.4, 0.5) is 9.18 Å². The Kier molecular flexibility index (Phi) is 5.07. The molecule has 5 nitrogen and oxygen atoms in total. The monoisotopic (exact) mass is 283 g/mol. The van der Waals surface area contributed by atoms with Crippen molar-refractivity contribution in [1.29, 1.82) is 0 Å². The van der Waals surface area contributed by atoms with Crippen molar-refractivity contribution in [3.8, 4) is 0 Å². The Morgan fingerprint density at radius 3 is 2.45 bits per heavy atom. The lowest BCUT2D eigenvalue weighted by molar-refractivity contribution is 0.0521. The molecule has 1 N–H and O–H groups in total. The van der Waals surface area contributed by atoms with Crippen molar-refractivity contribution >= 4 is 12.1 Å². The molecule has 0 saturated carbocycles. The van der Waals surface area contributed by atoms with E-state index in [1.807, 2.05) is 0 Å². The SMILES string of the molecule is COC(=O)c1ccc(CNC(=O)OC(C)(C)C)c(F)c1. The third-order valence-corrected chi connectivity index (χ3v) is 2.30. The maximum Gasteiger partial charge on any atom is 0.407 e. The van der Waals surface area contributed by atoms with Crippen LogP contribution in [0.5, 0.6) is 0 Å². The summed E-state index contributed by atoms with van der Waals surface area (Å²) in [6.07, 6.45) is -0.631. The summed E-state index contributed by atoms with van der Waals surface area (Å²) in [6, 6.07) is 3.91. The highest BCUT2D eigenvalue weighted by Gasteiger charge is 2.16. The number of hydrogen-bond acceptors (Lipinski definition) is 4. The first-order valence-electron chi connectivity index (χ1n) is 6.06. The van der Waals surface area contributed by atoms with Gasteiger partial charge in [0.25, 0.3) is 0 Å². The van der Waals surface area contributed by atoms with Crippen molar-refractivity contribution in [2.75, 3.05) is 7.11 Å². The van der Waals surface area contributed by atoms with Gasteiger partial charge in [-0.25, -0.2) is 14.0 Å². The summed E-state index contributed by atoms with van der Waals surface area (Å²) < 4.78 is 23.3. The van der Waals surface area contributed by atoms with Gasteiger partial charge < -0.3 is 14.8 Å². The van der Waals surface area contributed by atoms with Crippen molar-refractivity contribution in [1.82, 2.24) is 5.32 Å². The van der Waals surface area contributed by atoms with Crippen molar-refractivity contribution in [3.63, 3.8) is 0 Å². The second kappa shape index (κ2) is 6.36. The van der Waals surface area contributed by atoms with Crippen LogP contribution in [0.2, 0.25) is 0 Å². The van der Waals surface area contributed by atoms with Crippen LogP contribution in [0, 0.1) is 5.82 Å². The average molecular weight is 283 g/mol. The number of rotatable bonds is 3. The van der Waals surface area contributed by atoms with Crippen molar-refractivity contribution in [2.24, 2.45) is 0 Å². The van der Waals surface area contributed by atoms with Crippen LogP contribution in [0.15, 0.2) is 18.2 Å². The lowest BCUT2D eigenvalue weighted by Gasteiger charge is -2.19. The number of amides is 1. The van der Waals surface area contributed by atoms with E-state index >= 15 is 0 Å². The first kappa shape index (κ1) is 15.9. The number of methoxy groups -OCH3 is 1. The molecule has 110 valence electrons. The van der Waals surface area contributed by atoms with Gasteiger partial charge in [0.15, 0.2) is 0 Å². The Morgan fingerprint density at radius 1 is 1.30 bits per heavy atom. The molecular formula is C14H18FNO4. The summed E-state index contributed by atoms with van der Waals surface area (Å²) >= 11 is 0. The number of halogens is 1. The van der Waals surface area contributed by atoms with Gasteiger partial charge in [-0.1, -0.05) is 6.07 Å². The third kappa shape index (κ3) is 4.87. The molecule has 1 rings (SSSR count). The van der Waals surface area contributed by atoms with E-state index in [4.69, 9.17) is 4.74 Å². The number of benzene rings is 1. The summed E-state index contributed by atoms with van der Waals surface area (Å²) in [4.78, 5) is 22.7. The first-order chi connectivity index (χ1) is 9.23. The molecule has 20 heavy (non-hydrogen) atoms. The van der Waals surface area contributed by atoms with Crippen LogP contribution < -0.4 is 5.32 Å². The zero-order chi connectivity index (χ0) is 15.3. The number of carbonyl (C=O) groups is 2. The van der Waals surface area contributed by atoms with Crippen molar-refractivity contribution < 1.29 is 23.5 Å². The van der Waals surface area contributed by atoms with Crippen LogP contribution in [-0.4, -0.2) is 24.8 Å². The number of nitrogens with one attached hydrogen (secondary N) is 1. The molecule has 1 aromatic carbocycles. The molecule has 0 aliphatic heterocycles. The molecular weight excluding hydrogens is 265 g/mol. The van der Waals surface area contributed by atoms with Crippen molar-refractivity contribution in [2.45, 2.75) is 32.9 Å². The molecule has 1 aromatic rings. The molecule has 6 heteroatoms. The fourth-order valence-corrected chi connectivity index (χ4v) is 1.42. The number of esters is 1. The van der Waals surface area contributed by atoms with Gasteiger partial charge in [-0.2, -0.15) is 0 Å². The molecule has 0 aliphatic carbocycles.